The number of aromatic nitrogens is 1. The van der Waals surface area contributed by atoms with Gasteiger partial charge in [0.1, 0.15) is 5.82 Å². The highest BCUT2D eigenvalue weighted by Gasteiger charge is 2.17. The Kier molecular flexibility index (Phi) is 4.07. The molecular weight excluding hydrogens is 219 g/mol. The summed E-state index contributed by atoms with van der Waals surface area (Å²) in [5.74, 6) is 0.151. The fraction of sp³-hybridized carbons (Fsp3) is 0.538. The fourth-order valence-electron chi connectivity index (χ4n) is 2.33. The van der Waals surface area contributed by atoms with E-state index in [0.29, 0.717) is 18.2 Å². The summed E-state index contributed by atoms with van der Waals surface area (Å²) in [5, 5.41) is 2.64. The molecule has 1 heterocycles. The maximum atomic E-state index is 12.8. The van der Waals surface area contributed by atoms with Crippen molar-refractivity contribution in [2.45, 2.75) is 38.5 Å². The van der Waals surface area contributed by atoms with Crippen LogP contribution in [0, 0.1) is 11.9 Å². The van der Waals surface area contributed by atoms with E-state index < -0.39 is 5.95 Å². The summed E-state index contributed by atoms with van der Waals surface area (Å²) in [4.78, 5) is 15.3. The van der Waals surface area contributed by atoms with E-state index in [0.717, 1.165) is 12.8 Å². The van der Waals surface area contributed by atoms with Crippen molar-refractivity contribution in [2.75, 3.05) is 5.32 Å². The number of carbonyl (C=O) groups is 1. The highest BCUT2D eigenvalue weighted by molar-refractivity contribution is 5.89. The average molecular weight is 236 g/mol. The number of nitrogens with one attached hydrogen (secondary N) is 1. The SMILES string of the molecule is O=C(CC1CCCCC1)Nc1cccc(F)n1. The quantitative estimate of drug-likeness (QED) is 0.819. The minimum Gasteiger partial charge on any atom is -0.311 e. The average Bonchev–Trinajstić information content (AvgIpc) is 2.30. The smallest absolute Gasteiger partial charge is 0.225 e. The van der Waals surface area contributed by atoms with E-state index >= 15 is 0 Å². The third-order valence-electron chi connectivity index (χ3n) is 3.18. The lowest BCUT2D eigenvalue weighted by atomic mass is 9.87. The highest BCUT2D eigenvalue weighted by Crippen LogP contribution is 2.26. The number of amides is 1. The van der Waals surface area contributed by atoms with Gasteiger partial charge >= 0.3 is 0 Å². The fourth-order valence-corrected chi connectivity index (χ4v) is 2.33. The molecular formula is C13H17FN2O. The molecule has 0 radical (unpaired) electrons. The van der Waals surface area contributed by atoms with Gasteiger partial charge in [-0.05, 0) is 30.9 Å². The summed E-state index contributed by atoms with van der Waals surface area (Å²) in [5.41, 5.74) is 0. The molecule has 1 aromatic rings. The van der Waals surface area contributed by atoms with Crippen molar-refractivity contribution < 1.29 is 9.18 Å². The molecule has 17 heavy (non-hydrogen) atoms. The Morgan fingerprint density at radius 2 is 2.12 bits per heavy atom. The van der Waals surface area contributed by atoms with Gasteiger partial charge in [-0.15, -0.1) is 0 Å². The number of anilines is 1. The van der Waals surface area contributed by atoms with Gasteiger partial charge in [-0.2, -0.15) is 4.39 Å². The molecule has 4 heteroatoms. The van der Waals surface area contributed by atoms with Crippen molar-refractivity contribution in [2.24, 2.45) is 5.92 Å². The van der Waals surface area contributed by atoms with Gasteiger partial charge in [-0.3, -0.25) is 4.79 Å². The number of hydrogen-bond donors (Lipinski definition) is 1. The molecule has 3 nitrogen and oxygen atoms in total. The van der Waals surface area contributed by atoms with Crippen molar-refractivity contribution in [3.05, 3.63) is 24.1 Å². The molecule has 1 fully saturated rings. The first kappa shape index (κ1) is 12.0. The highest BCUT2D eigenvalue weighted by atomic mass is 19.1. The molecule has 0 spiro atoms. The molecule has 1 amide bonds. The van der Waals surface area contributed by atoms with Gasteiger partial charge in [-0.25, -0.2) is 4.98 Å². The summed E-state index contributed by atoms with van der Waals surface area (Å²) < 4.78 is 12.8. The number of pyridine rings is 1. The van der Waals surface area contributed by atoms with Gasteiger partial charge < -0.3 is 5.32 Å². The zero-order valence-corrected chi connectivity index (χ0v) is 9.79. The molecule has 0 bridgehead atoms. The largest absolute Gasteiger partial charge is 0.311 e. The molecule has 1 aliphatic carbocycles. The normalized spacial score (nSPS) is 16.8. The van der Waals surface area contributed by atoms with Crippen LogP contribution < -0.4 is 5.32 Å². The Morgan fingerprint density at radius 3 is 2.82 bits per heavy atom. The first-order valence-corrected chi connectivity index (χ1v) is 6.16. The maximum absolute atomic E-state index is 12.8. The van der Waals surface area contributed by atoms with Gasteiger partial charge in [0, 0.05) is 6.42 Å². The zero-order valence-electron chi connectivity index (χ0n) is 9.79. The molecule has 0 saturated heterocycles. The third-order valence-corrected chi connectivity index (χ3v) is 3.18. The number of rotatable bonds is 3. The Labute approximate surface area is 100 Å². The van der Waals surface area contributed by atoms with Crippen LogP contribution >= 0.6 is 0 Å². The molecule has 0 aliphatic heterocycles. The molecule has 1 N–H and O–H groups in total. The maximum Gasteiger partial charge on any atom is 0.225 e. The van der Waals surface area contributed by atoms with E-state index in [9.17, 15) is 9.18 Å². The van der Waals surface area contributed by atoms with Gasteiger partial charge in [-0.1, -0.05) is 25.3 Å². The lowest BCUT2D eigenvalue weighted by Crippen LogP contribution is -2.19. The van der Waals surface area contributed by atoms with Gasteiger partial charge in [0.25, 0.3) is 0 Å². The Hall–Kier alpha value is -1.45. The van der Waals surface area contributed by atoms with E-state index in [1.807, 2.05) is 0 Å². The van der Waals surface area contributed by atoms with Crippen LogP contribution in [0.3, 0.4) is 0 Å². The molecule has 1 aliphatic rings. The van der Waals surface area contributed by atoms with Crippen LogP contribution in [0.2, 0.25) is 0 Å². The lowest BCUT2D eigenvalue weighted by molar-refractivity contribution is -0.117. The predicted octanol–water partition coefficient (Wildman–Crippen LogP) is 3.13. The van der Waals surface area contributed by atoms with Crippen molar-refractivity contribution in [1.82, 2.24) is 4.98 Å². The van der Waals surface area contributed by atoms with Crippen LogP contribution in [-0.2, 0) is 4.79 Å². The molecule has 1 aromatic heterocycles. The lowest BCUT2D eigenvalue weighted by Gasteiger charge is -2.20. The minimum absolute atomic E-state index is 0.0602. The van der Waals surface area contributed by atoms with Crippen molar-refractivity contribution in [3.8, 4) is 0 Å². The number of nitrogens with zero attached hydrogens (tertiary/aromatic N) is 1. The first-order valence-electron chi connectivity index (χ1n) is 6.16. The number of hydrogen-bond acceptors (Lipinski definition) is 2. The Balaban J connectivity index is 1.84. The molecule has 0 atom stereocenters. The molecule has 1 saturated carbocycles. The summed E-state index contributed by atoms with van der Waals surface area (Å²) in [6.45, 7) is 0. The van der Waals surface area contributed by atoms with Gasteiger partial charge in [0.15, 0.2) is 0 Å². The third kappa shape index (κ3) is 3.80. The van der Waals surface area contributed by atoms with Crippen LogP contribution in [0.15, 0.2) is 18.2 Å². The number of halogens is 1. The standard InChI is InChI=1S/C13H17FN2O/c14-11-7-4-8-12(15-11)16-13(17)9-10-5-2-1-3-6-10/h4,7-8,10H,1-3,5-6,9H2,(H,15,16,17). The first-order chi connectivity index (χ1) is 8.24. The molecule has 92 valence electrons. The van der Waals surface area contributed by atoms with E-state index in [1.165, 1.54) is 25.3 Å². The topological polar surface area (TPSA) is 42.0 Å². The summed E-state index contributed by atoms with van der Waals surface area (Å²) in [6, 6.07) is 4.40. The monoisotopic (exact) mass is 236 g/mol. The van der Waals surface area contributed by atoms with E-state index in [4.69, 9.17) is 0 Å². The zero-order chi connectivity index (χ0) is 12.1. The van der Waals surface area contributed by atoms with E-state index in [-0.39, 0.29) is 5.91 Å². The second-order valence-corrected chi connectivity index (χ2v) is 4.60. The second kappa shape index (κ2) is 5.75. The second-order valence-electron chi connectivity index (χ2n) is 4.60. The predicted molar refractivity (Wildman–Crippen MR) is 64.0 cm³/mol. The van der Waals surface area contributed by atoms with Gasteiger partial charge in [0.05, 0.1) is 0 Å². The van der Waals surface area contributed by atoms with E-state index in [2.05, 4.69) is 10.3 Å². The summed E-state index contributed by atoms with van der Waals surface area (Å²) in [6.07, 6.45) is 6.50. The molecule has 0 unspecified atom stereocenters. The van der Waals surface area contributed by atoms with Crippen LogP contribution in [0.4, 0.5) is 10.2 Å². The Bertz CT molecular complexity index is 389. The van der Waals surface area contributed by atoms with Crippen molar-refractivity contribution >= 4 is 11.7 Å². The van der Waals surface area contributed by atoms with Gasteiger partial charge in [0.2, 0.25) is 11.9 Å². The molecule has 0 aromatic carbocycles. The van der Waals surface area contributed by atoms with Crippen LogP contribution in [0.5, 0.6) is 0 Å². The van der Waals surface area contributed by atoms with Crippen LogP contribution in [0.25, 0.3) is 0 Å². The van der Waals surface area contributed by atoms with Crippen LogP contribution in [-0.4, -0.2) is 10.9 Å². The Morgan fingerprint density at radius 1 is 1.35 bits per heavy atom. The summed E-state index contributed by atoms with van der Waals surface area (Å²) in [7, 11) is 0. The minimum atomic E-state index is -0.569. The van der Waals surface area contributed by atoms with Crippen molar-refractivity contribution in [1.29, 1.82) is 0 Å². The van der Waals surface area contributed by atoms with Crippen LogP contribution in [0.1, 0.15) is 38.5 Å². The van der Waals surface area contributed by atoms with E-state index in [1.54, 1.807) is 12.1 Å². The summed E-state index contributed by atoms with van der Waals surface area (Å²) >= 11 is 0. The number of carbonyl (C=O) groups excluding carboxylic acids is 1. The molecule has 2 rings (SSSR count). The van der Waals surface area contributed by atoms with Crippen molar-refractivity contribution in [3.63, 3.8) is 0 Å².